The molecule has 0 bridgehead atoms. The highest BCUT2D eigenvalue weighted by Crippen LogP contribution is 2.56. The van der Waals surface area contributed by atoms with Crippen LogP contribution in [0, 0.1) is 24.7 Å². The summed E-state index contributed by atoms with van der Waals surface area (Å²) in [5.74, 6) is 0.951. The summed E-state index contributed by atoms with van der Waals surface area (Å²) in [5, 5.41) is 14.1. The molecule has 10 nitrogen and oxygen atoms in total. The van der Waals surface area contributed by atoms with Crippen LogP contribution in [0.1, 0.15) is 68.8 Å². The molecule has 46 heavy (non-hydrogen) atoms. The van der Waals surface area contributed by atoms with E-state index in [-0.39, 0.29) is 28.5 Å². The second kappa shape index (κ2) is 12.3. The lowest BCUT2D eigenvalue weighted by Crippen LogP contribution is -2.63. The number of likely N-dealkylation sites (N-methyl/N-ethyl adjacent to an activating group) is 1. The van der Waals surface area contributed by atoms with Gasteiger partial charge in [-0.1, -0.05) is 18.2 Å². The summed E-state index contributed by atoms with van der Waals surface area (Å²) in [6.45, 7) is 19.3. The van der Waals surface area contributed by atoms with Crippen molar-refractivity contribution in [3.63, 3.8) is 0 Å². The van der Waals surface area contributed by atoms with Crippen molar-refractivity contribution in [3.8, 4) is 11.1 Å². The van der Waals surface area contributed by atoms with Crippen molar-refractivity contribution in [2.45, 2.75) is 77.0 Å². The molecule has 5 aliphatic rings. The zero-order valence-corrected chi connectivity index (χ0v) is 28.9. The Bertz CT molecular complexity index is 1520. The molecule has 0 atom stereocenters. The minimum absolute atomic E-state index is 0.0158. The summed E-state index contributed by atoms with van der Waals surface area (Å²) in [7, 11) is 2.13. The Morgan fingerprint density at radius 1 is 1.15 bits per heavy atom. The molecule has 5 fully saturated rings. The number of aryl methyl sites for hydroxylation is 1. The number of anilines is 2. The number of rotatable bonds is 5. The maximum atomic E-state index is 12.0. The zero-order chi connectivity index (χ0) is 33.0. The molecule has 1 aromatic heterocycles. The first-order valence-corrected chi connectivity index (χ1v) is 17.0. The third kappa shape index (κ3) is 5.76. The molecule has 4 aliphatic heterocycles. The fourth-order valence-corrected chi connectivity index (χ4v) is 8.44. The van der Waals surface area contributed by atoms with E-state index in [0.29, 0.717) is 16.3 Å². The van der Waals surface area contributed by atoms with Gasteiger partial charge in [0.05, 0.1) is 30.9 Å². The number of ether oxygens (including phenoxy) is 2. The minimum atomic E-state index is -0.0360. The van der Waals surface area contributed by atoms with E-state index in [0.717, 1.165) is 106 Å². The third-order valence-corrected chi connectivity index (χ3v) is 11.3. The van der Waals surface area contributed by atoms with Gasteiger partial charge in [0.1, 0.15) is 5.60 Å². The number of nitrogens with zero attached hydrogens (tertiary/aromatic N) is 5. The Morgan fingerprint density at radius 2 is 1.87 bits per heavy atom. The van der Waals surface area contributed by atoms with Gasteiger partial charge in [-0.25, -0.2) is 0 Å². The van der Waals surface area contributed by atoms with E-state index in [1.807, 2.05) is 17.9 Å². The fourth-order valence-electron chi connectivity index (χ4n) is 8.19. The molecule has 0 radical (unpaired) electrons. The van der Waals surface area contributed by atoms with E-state index in [9.17, 15) is 4.79 Å². The fraction of sp³-hybridized carbons (Fsp3) is 0.629. The van der Waals surface area contributed by atoms with Crippen LogP contribution in [0.2, 0.25) is 5.02 Å². The maximum Gasteiger partial charge on any atom is 0.245 e. The molecule has 1 aliphatic carbocycles. The van der Waals surface area contributed by atoms with Crippen LogP contribution in [0.4, 0.5) is 11.5 Å². The molecule has 11 heteroatoms. The van der Waals surface area contributed by atoms with Crippen LogP contribution in [-0.2, 0) is 14.3 Å². The number of halogens is 1. The highest BCUT2D eigenvalue weighted by Gasteiger charge is 2.54. The lowest BCUT2D eigenvalue weighted by atomic mass is 9.60. The number of hydrogen-bond acceptors (Lipinski definition) is 8. The topological polar surface area (TPSA) is 113 Å². The Hall–Kier alpha value is -2.92. The smallest absolute Gasteiger partial charge is 0.245 e. The summed E-state index contributed by atoms with van der Waals surface area (Å²) < 4.78 is 12.9. The van der Waals surface area contributed by atoms with Gasteiger partial charge in [-0.2, -0.15) is 5.10 Å². The molecule has 1 amide bonds. The molecular weight excluding hydrogens is 602 g/mol. The Kier molecular flexibility index (Phi) is 8.80. The van der Waals surface area contributed by atoms with Crippen LogP contribution in [0.15, 0.2) is 18.7 Å². The number of nitrogens with two attached hydrogens (primary N) is 1. The van der Waals surface area contributed by atoms with Crippen molar-refractivity contribution >= 4 is 35.2 Å². The summed E-state index contributed by atoms with van der Waals surface area (Å²) in [5.41, 5.74) is 11.6. The number of amides is 1. The summed E-state index contributed by atoms with van der Waals surface area (Å²) in [6, 6.07) is 2.12. The number of morpholine rings is 1. The summed E-state index contributed by atoms with van der Waals surface area (Å²) in [4.78, 5) is 18.6. The number of benzene rings is 1. The van der Waals surface area contributed by atoms with Gasteiger partial charge in [-0.3, -0.25) is 9.48 Å². The SMILES string of the molecule is C=CC(=O)N1CC2(CC(n3nc(N4CCCCC4(C)C)c(-c4c(Cl)c(C)cc(N)c4C=N)c3C)C2)C1.CN1CCOC2(COC2)C1. The number of carbonyl (C=O) groups is 1. The van der Waals surface area contributed by atoms with Crippen molar-refractivity contribution in [1.82, 2.24) is 19.6 Å². The van der Waals surface area contributed by atoms with E-state index in [1.54, 1.807) is 0 Å². The maximum absolute atomic E-state index is 12.0. The van der Waals surface area contributed by atoms with Crippen LogP contribution < -0.4 is 10.6 Å². The van der Waals surface area contributed by atoms with Crippen molar-refractivity contribution in [2.24, 2.45) is 5.41 Å². The van der Waals surface area contributed by atoms with E-state index in [4.69, 9.17) is 37.3 Å². The molecule has 4 saturated heterocycles. The molecule has 5 heterocycles. The van der Waals surface area contributed by atoms with Crippen LogP contribution in [0.5, 0.6) is 0 Å². The van der Waals surface area contributed by atoms with Gasteiger partial charge in [0.2, 0.25) is 5.91 Å². The molecule has 2 spiro atoms. The van der Waals surface area contributed by atoms with Gasteiger partial charge in [0, 0.05) is 78.0 Å². The zero-order valence-electron chi connectivity index (χ0n) is 28.1. The molecule has 250 valence electrons. The van der Waals surface area contributed by atoms with Crippen LogP contribution in [0.3, 0.4) is 0 Å². The number of carbonyl (C=O) groups excluding carboxylic acids is 1. The van der Waals surface area contributed by atoms with Crippen LogP contribution in [0.25, 0.3) is 11.1 Å². The second-order valence-corrected chi connectivity index (χ2v) is 15.3. The predicted octanol–water partition coefficient (Wildman–Crippen LogP) is 5.24. The standard InChI is InChI=1S/C28H37ClN6O.C7H13NO2/c1-6-22(36)33-15-28(16-33)12-19(13-28)35-18(3)23(24-20(14-30)21(31)11-17(2)25(24)29)26(32-35)34-10-8-7-9-27(34,4)5;1-8-2-3-10-7(4-8)5-9-6-7/h6,11,14,19,30H,1,7-10,12-13,15-16,31H2,2-5H3;2-6H2,1H3. The van der Waals surface area contributed by atoms with Gasteiger partial charge >= 0.3 is 0 Å². The largest absolute Gasteiger partial charge is 0.398 e. The van der Waals surface area contributed by atoms with E-state index >= 15 is 0 Å². The van der Waals surface area contributed by atoms with E-state index < -0.39 is 0 Å². The number of piperidine rings is 1. The molecule has 3 N–H and O–H groups in total. The summed E-state index contributed by atoms with van der Waals surface area (Å²) >= 11 is 6.95. The van der Waals surface area contributed by atoms with Gasteiger partial charge in [-0.05, 0) is 84.6 Å². The number of aromatic nitrogens is 2. The van der Waals surface area contributed by atoms with Crippen LogP contribution >= 0.6 is 11.6 Å². The van der Waals surface area contributed by atoms with E-state index in [1.165, 1.54) is 18.7 Å². The second-order valence-electron chi connectivity index (χ2n) is 14.9. The minimum Gasteiger partial charge on any atom is -0.398 e. The van der Waals surface area contributed by atoms with Crippen LogP contribution in [-0.4, -0.2) is 102 Å². The average Bonchev–Trinajstić information content (AvgIpc) is 3.28. The van der Waals surface area contributed by atoms with Crippen molar-refractivity contribution < 1.29 is 14.3 Å². The monoisotopic (exact) mass is 651 g/mol. The molecule has 1 saturated carbocycles. The normalized spacial score (nSPS) is 23.2. The summed E-state index contributed by atoms with van der Waals surface area (Å²) in [6.07, 6.45) is 8.13. The van der Waals surface area contributed by atoms with Gasteiger partial charge in [-0.15, -0.1) is 0 Å². The molecule has 1 aromatic carbocycles. The van der Waals surface area contributed by atoms with E-state index in [2.05, 4.69) is 48.9 Å². The third-order valence-electron chi connectivity index (χ3n) is 10.8. The molecule has 7 rings (SSSR count). The first-order valence-electron chi connectivity index (χ1n) is 16.6. The molecule has 2 aromatic rings. The number of nitrogens with one attached hydrogen (secondary N) is 1. The van der Waals surface area contributed by atoms with Crippen molar-refractivity contribution in [3.05, 3.63) is 40.6 Å². The lowest BCUT2D eigenvalue weighted by Gasteiger charge is -2.58. The van der Waals surface area contributed by atoms with Gasteiger partial charge < -0.3 is 35.3 Å². The first kappa shape index (κ1) is 33.0. The Labute approximate surface area is 278 Å². The number of likely N-dealkylation sites (tertiary alicyclic amines) is 1. The first-order chi connectivity index (χ1) is 21.8. The highest BCUT2D eigenvalue weighted by molar-refractivity contribution is 6.35. The van der Waals surface area contributed by atoms with Crippen molar-refractivity contribution in [2.75, 3.05) is 70.2 Å². The Morgan fingerprint density at radius 3 is 2.43 bits per heavy atom. The number of hydrogen-bond donors (Lipinski definition) is 2. The highest BCUT2D eigenvalue weighted by atomic mass is 35.5. The Balaban J connectivity index is 0.000000314. The quantitative estimate of drug-likeness (QED) is 0.258. The van der Waals surface area contributed by atoms with Gasteiger partial charge in [0.15, 0.2) is 5.82 Å². The predicted molar refractivity (Wildman–Crippen MR) is 184 cm³/mol. The van der Waals surface area contributed by atoms with Gasteiger partial charge in [0.25, 0.3) is 0 Å². The van der Waals surface area contributed by atoms with Crippen molar-refractivity contribution in [1.29, 1.82) is 5.41 Å². The molecule has 0 unspecified atom stereocenters. The number of nitrogen functional groups attached to an aromatic ring is 1. The molecular formula is C35H50ClN7O3. The lowest BCUT2D eigenvalue weighted by molar-refractivity contribution is -0.235. The average molecular weight is 652 g/mol.